The second kappa shape index (κ2) is 6.00. The summed E-state index contributed by atoms with van der Waals surface area (Å²) in [4.78, 5) is 8.54. The van der Waals surface area contributed by atoms with Crippen molar-refractivity contribution in [3.63, 3.8) is 0 Å². The Labute approximate surface area is 106 Å². The van der Waals surface area contributed by atoms with Crippen LogP contribution in [0.1, 0.15) is 25.1 Å². The van der Waals surface area contributed by atoms with Crippen LogP contribution in [0.3, 0.4) is 0 Å². The van der Waals surface area contributed by atoms with E-state index in [-0.39, 0.29) is 0 Å². The average Bonchev–Trinajstić information content (AvgIpc) is 2.80. The molecule has 0 amide bonds. The third-order valence-corrected chi connectivity index (χ3v) is 2.30. The van der Waals surface area contributed by atoms with Crippen molar-refractivity contribution in [2.24, 2.45) is 0 Å². The van der Waals surface area contributed by atoms with Crippen LogP contribution in [0.4, 0.5) is 11.6 Å². The Bertz CT molecular complexity index is 497. The summed E-state index contributed by atoms with van der Waals surface area (Å²) in [6, 6.07) is 5.80. The highest BCUT2D eigenvalue weighted by Gasteiger charge is 2.02. The van der Waals surface area contributed by atoms with Gasteiger partial charge in [0.1, 0.15) is 11.6 Å². The van der Waals surface area contributed by atoms with Gasteiger partial charge in [-0.3, -0.25) is 0 Å². The van der Waals surface area contributed by atoms with Crippen molar-refractivity contribution in [2.45, 2.75) is 26.8 Å². The largest absolute Gasteiger partial charge is 0.370 e. The normalized spacial score (nSPS) is 10.3. The van der Waals surface area contributed by atoms with Gasteiger partial charge in [-0.1, -0.05) is 18.1 Å². The molecular weight excluding hydrogens is 230 g/mol. The average molecular weight is 247 g/mol. The van der Waals surface area contributed by atoms with Gasteiger partial charge in [-0.25, -0.2) is 4.98 Å². The van der Waals surface area contributed by atoms with Crippen LogP contribution in [0.2, 0.25) is 0 Å². The molecule has 0 atom stereocenters. The second-order valence-electron chi connectivity index (χ2n) is 3.92. The van der Waals surface area contributed by atoms with Gasteiger partial charge in [-0.05, 0) is 18.6 Å². The fraction of sp³-hybridized carbons (Fsp3) is 0.417. The molecule has 2 heterocycles. The lowest BCUT2D eigenvalue weighted by Gasteiger charge is -2.07. The highest BCUT2D eigenvalue weighted by molar-refractivity contribution is 5.44. The van der Waals surface area contributed by atoms with Gasteiger partial charge in [0.25, 0.3) is 0 Å². The van der Waals surface area contributed by atoms with Crippen molar-refractivity contribution in [1.29, 1.82) is 0 Å². The summed E-state index contributed by atoms with van der Waals surface area (Å²) >= 11 is 0. The Morgan fingerprint density at radius 2 is 1.94 bits per heavy atom. The third kappa shape index (κ3) is 3.44. The molecule has 0 aliphatic heterocycles. The van der Waals surface area contributed by atoms with Crippen LogP contribution in [0.5, 0.6) is 0 Å². The summed E-state index contributed by atoms with van der Waals surface area (Å²) < 4.78 is 4.90. The molecule has 0 aliphatic rings. The van der Waals surface area contributed by atoms with E-state index < -0.39 is 0 Å². The summed E-state index contributed by atoms with van der Waals surface area (Å²) in [5, 5.41) is 10.2. The zero-order valence-corrected chi connectivity index (χ0v) is 10.6. The lowest BCUT2D eigenvalue weighted by Crippen LogP contribution is -2.06. The minimum atomic E-state index is 0.502. The quantitative estimate of drug-likeness (QED) is 0.815. The van der Waals surface area contributed by atoms with Crippen LogP contribution in [-0.4, -0.2) is 21.7 Å². The van der Waals surface area contributed by atoms with Gasteiger partial charge in [0.15, 0.2) is 5.82 Å². The number of nitrogens with one attached hydrogen (secondary N) is 2. The minimum Gasteiger partial charge on any atom is -0.370 e. The Morgan fingerprint density at radius 3 is 2.61 bits per heavy atom. The van der Waals surface area contributed by atoms with E-state index >= 15 is 0 Å². The highest BCUT2D eigenvalue weighted by Crippen LogP contribution is 2.10. The van der Waals surface area contributed by atoms with Crippen molar-refractivity contribution in [2.75, 3.05) is 17.2 Å². The molecule has 2 rings (SSSR count). The Balaban J connectivity index is 1.92. The predicted octanol–water partition coefficient (Wildman–Crippen LogP) is 2.21. The molecule has 96 valence electrons. The van der Waals surface area contributed by atoms with Crippen LogP contribution in [0.15, 0.2) is 22.7 Å². The van der Waals surface area contributed by atoms with E-state index in [0.29, 0.717) is 18.3 Å². The van der Waals surface area contributed by atoms with Crippen LogP contribution < -0.4 is 10.6 Å². The van der Waals surface area contributed by atoms with Crippen LogP contribution in [-0.2, 0) is 6.54 Å². The predicted molar refractivity (Wildman–Crippen MR) is 69.4 cm³/mol. The van der Waals surface area contributed by atoms with Crippen molar-refractivity contribution in [1.82, 2.24) is 15.1 Å². The lowest BCUT2D eigenvalue weighted by molar-refractivity contribution is 0.388. The molecule has 18 heavy (non-hydrogen) atoms. The van der Waals surface area contributed by atoms with E-state index in [1.165, 1.54) is 0 Å². The standard InChI is InChI=1S/C12H17N5O/c1-3-7-13-10-5-4-6-11(16-10)14-8-12-15-9(2)18-17-12/h4-6H,3,7-8H2,1-2H3,(H2,13,14,16). The topological polar surface area (TPSA) is 75.9 Å². The Kier molecular flexibility index (Phi) is 4.11. The first-order chi connectivity index (χ1) is 8.78. The molecule has 0 bridgehead atoms. The van der Waals surface area contributed by atoms with E-state index in [0.717, 1.165) is 24.6 Å². The maximum Gasteiger partial charge on any atom is 0.223 e. The summed E-state index contributed by atoms with van der Waals surface area (Å²) in [5.41, 5.74) is 0. The van der Waals surface area contributed by atoms with Crippen molar-refractivity contribution in [3.05, 3.63) is 29.9 Å². The van der Waals surface area contributed by atoms with E-state index in [9.17, 15) is 0 Å². The molecule has 0 saturated heterocycles. The first-order valence-electron chi connectivity index (χ1n) is 6.02. The minimum absolute atomic E-state index is 0.502. The number of hydrogen-bond acceptors (Lipinski definition) is 6. The van der Waals surface area contributed by atoms with Gasteiger partial charge in [0.05, 0.1) is 6.54 Å². The molecule has 6 nitrogen and oxygen atoms in total. The number of aromatic nitrogens is 3. The molecule has 0 aromatic carbocycles. The summed E-state index contributed by atoms with van der Waals surface area (Å²) in [6.07, 6.45) is 1.07. The monoisotopic (exact) mass is 247 g/mol. The molecule has 2 aromatic heterocycles. The number of anilines is 2. The maximum atomic E-state index is 4.90. The Hall–Kier alpha value is -2.11. The molecule has 2 aromatic rings. The fourth-order valence-electron chi connectivity index (χ4n) is 1.47. The molecule has 0 aliphatic carbocycles. The summed E-state index contributed by atoms with van der Waals surface area (Å²) in [7, 11) is 0. The fourth-order valence-corrected chi connectivity index (χ4v) is 1.47. The molecule has 0 fully saturated rings. The number of aryl methyl sites for hydroxylation is 1. The third-order valence-electron chi connectivity index (χ3n) is 2.30. The van der Waals surface area contributed by atoms with Crippen molar-refractivity contribution < 1.29 is 4.52 Å². The van der Waals surface area contributed by atoms with Gasteiger partial charge in [0, 0.05) is 13.5 Å². The number of rotatable bonds is 6. The SMILES string of the molecule is CCCNc1cccc(NCc2noc(C)n2)n1. The van der Waals surface area contributed by atoms with E-state index in [1.807, 2.05) is 18.2 Å². The van der Waals surface area contributed by atoms with Gasteiger partial charge in [-0.15, -0.1) is 0 Å². The van der Waals surface area contributed by atoms with Gasteiger partial charge in [0.2, 0.25) is 5.89 Å². The molecule has 2 N–H and O–H groups in total. The number of nitrogens with zero attached hydrogens (tertiary/aromatic N) is 3. The van der Waals surface area contributed by atoms with Gasteiger partial charge < -0.3 is 15.2 Å². The smallest absolute Gasteiger partial charge is 0.223 e. The maximum absolute atomic E-state index is 4.90. The second-order valence-corrected chi connectivity index (χ2v) is 3.92. The van der Waals surface area contributed by atoms with Crippen molar-refractivity contribution >= 4 is 11.6 Å². The van der Waals surface area contributed by atoms with Crippen molar-refractivity contribution in [3.8, 4) is 0 Å². The van der Waals surface area contributed by atoms with Crippen LogP contribution >= 0.6 is 0 Å². The highest BCUT2D eigenvalue weighted by atomic mass is 16.5. The first-order valence-corrected chi connectivity index (χ1v) is 6.02. The van der Waals surface area contributed by atoms with Crippen LogP contribution in [0.25, 0.3) is 0 Å². The van der Waals surface area contributed by atoms with E-state index in [2.05, 4.69) is 32.7 Å². The zero-order valence-electron chi connectivity index (χ0n) is 10.6. The number of hydrogen-bond donors (Lipinski definition) is 2. The molecular formula is C12H17N5O. The molecule has 0 radical (unpaired) electrons. The molecule has 0 unspecified atom stereocenters. The molecule has 0 spiro atoms. The molecule has 0 saturated carbocycles. The summed E-state index contributed by atoms with van der Waals surface area (Å²) in [6.45, 7) is 5.31. The Morgan fingerprint density at radius 1 is 1.17 bits per heavy atom. The first kappa shape index (κ1) is 12.3. The van der Waals surface area contributed by atoms with E-state index in [1.54, 1.807) is 6.92 Å². The zero-order chi connectivity index (χ0) is 12.8. The lowest BCUT2D eigenvalue weighted by atomic mass is 10.4. The van der Waals surface area contributed by atoms with Crippen LogP contribution in [0, 0.1) is 6.92 Å². The van der Waals surface area contributed by atoms with Gasteiger partial charge in [-0.2, -0.15) is 4.98 Å². The summed E-state index contributed by atoms with van der Waals surface area (Å²) in [5.74, 6) is 2.85. The number of pyridine rings is 1. The van der Waals surface area contributed by atoms with E-state index in [4.69, 9.17) is 4.52 Å². The van der Waals surface area contributed by atoms with Gasteiger partial charge >= 0.3 is 0 Å². The molecule has 6 heteroatoms.